The fourth-order valence-corrected chi connectivity index (χ4v) is 2.91. The molecule has 0 aliphatic rings. The molecule has 0 aliphatic carbocycles. The molecule has 1 heterocycles. The lowest BCUT2D eigenvalue weighted by Gasteiger charge is -1.93. The topological polar surface area (TPSA) is 20.2 Å². The van der Waals surface area contributed by atoms with Crippen molar-refractivity contribution in [3.63, 3.8) is 0 Å². The molecule has 0 bridgehead atoms. The molecule has 0 unspecified atom stereocenters. The number of fused-ring (bicyclic) bond motifs is 1. The monoisotopic (exact) mass is 244 g/mol. The minimum Gasteiger partial charge on any atom is -0.507 e. The van der Waals surface area contributed by atoms with Gasteiger partial charge in [0.2, 0.25) is 0 Å². The average molecular weight is 244 g/mol. The predicted octanol–water partition coefficient (Wildman–Crippen LogP) is 4.41. The maximum atomic E-state index is 13.6. The third kappa shape index (κ3) is 1.68. The van der Waals surface area contributed by atoms with Crippen LogP contribution < -0.4 is 0 Å². The molecule has 1 nitrogen and oxygen atoms in total. The molecule has 3 heteroatoms. The summed E-state index contributed by atoms with van der Waals surface area (Å²) >= 11 is 1.36. The summed E-state index contributed by atoms with van der Waals surface area (Å²) in [6.07, 6.45) is 0. The van der Waals surface area contributed by atoms with Gasteiger partial charge in [-0.1, -0.05) is 30.3 Å². The van der Waals surface area contributed by atoms with Crippen LogP contribution in [0.4, 0.5) is 4.39 Å². The number of phenolic OH excluding ortho intramolecular Hbond substituents is 1. The van der Waals surface area contributed by atoms with Crippen molar-refractivity contribution in [1.29, 1.82) is 0 Å². The lowest BCUT2D eigenvalue weighted by molar-refractivity contribution is 0.480. The van der Waals surface area contributed by atoms with Crippen molar-refractivity contribution in [2.24, 2.45) is 0 Å². The molecule has 2 aromatic carbocycles. The predicted molar refractivity (Wildman–Crippen MR) is 68.9 cm³/mol. The molecule has 1 N–H and O–H groups in total. The van der Waals surface area contributed by atoms with Crippen LogP contribution in [0.3, 0.4) is 0 Å². The largest absolute Gasteiger partial charge is 0.507 e. The number of hydrogen-bond acceptors (Lipinski definition) is 2. The summed E-state index contributed by atoms with van der Waals surface area (Å²) in [5.41, 5.74) is 1.03. The van der Waals surface area contributed by atoms with Crippen LogP contribution in [-0.4, -0.2) is 5.11 Å². The molecule has 0 saturated heterocycles. The van der Waals surface area contributed by atoms with E-state index < -0.39 is 0 Å². The minimum absolute atomic E-state index is 0.125. The number of halogens is 1. The first-order valence-corrected chi connectivity index (χ1v) is 6.04. The van der Waals surface area contributed by atoms with Gasteiger partial charge in [-0.3, -0.25) is 0 Å². The van der Waals surface area contributed by atoms with Gasteiger partial charge in [0, 0.05) is 10.3 Å². The van der Waals surface area contributed by atoms with Gasteiger partial charge in [-0.25, -0.2) is 4.39 Å². The highest BCUT2D eigenvalue weighted by Crippen LogP contribution is 2.38. The maximum absolute atomic E-state index is 13.6. The highest BCUT2D eigenvalue weighted by molar-refractivity contribution is 7.22. The van der Waals surface area contributed by atoms with Crippen LogP contribution in [0.2, 0.25) is 0 Å². The van der Waals surface area contributed by atoms with E-state index >= 15 is 0 Å². The van der Waals surface area contributed by atoms with E-state index in [1.807, 2.05) is 36.4 Å². The molecular formula is C14H9FOS. The van der Waals surface area contributed by atoms with Crippen molar-refractivity contribution in [2.45, 2.75) is 0 Å². The van der Waals surface area contributed by atoms with E-state index in [1.54, 1.807) is 0 Å². The van der Waals surface area contributed by atoms with Gasteiger partial charge in [-0.2, -0.15) is 0 Å². The molecule has 3 aromatic rings. The number of phenols is 1. The summed E-state index contributed by atoms with van der Waals surface area (Å²) in [6, 6.07) is 14.3. The van der Waals surface area contributed by atoms with Crippen LogP contribution in [0.25, 0.3) is 20.5 Å². The molecule has 0 radical (unpaired) electrons. The summed E-state index contributed by atoms with van der Waals surface area (Å²) in [7, 11) is 0. The Hall–Kier alpha value is -1.87. The van der Waals surface area contributed by atoms with E-state index in [0.29, 0.717) is 10.1 Å². The van der Waals surface area contributed by atoms with Crippen molar-refractivity contribution in [1.82, 2.24) is 0 Å². The van der Waals surface area contributed by atoms with Gasteiger partial charge in [0.05, 0.1) is 4.70 Å². The van der Waals surface area contributed by atoms with Gasteiger partial charge in [-0.15, -0.1) is 11.3 Å². The van der Waals surface area contributed by atoms with Gasteiger partial charge >= 0.3 is 0 Å². The average Bonchev–Trinajstić information content (AvgIpc) is 2.81. The molecular weight excluding hydrogens is 235 g/mol. The quantitative estimate of drug-likeness (QED) is 0.672. The van der Waals surface area contributed by atoms with E-state index in [-0.39, 0.29) is 11.6 Å². The summed E-state index contributed by atoms with van der Waals surface area (Å²) in [5.74, 6) is -0.162. The molecule has 17 heavy (non-hydrogen) atoms. The highest BCUT2D eigenvalue weighted by Gasteiger charge is 2.10. The lowest BCUT2D eigenvalue weighted by atomic mass is 10.1. The number of thiophene rings is 1. The number of rotatable bonds is 1. The Balaban J connectivity index is 2.27. The zero-order valence-electron chi connectivity index (χ0n) is 8.85. The molecule has 0 spiro atoms. The van der Waals surface area contributed by atoms with E-state index in [0.717, 1.165) is 10.4 Å². The zero-order valence-corrected chi connectivity index (χ0v) is 9.67. The normalized spacial score (nSPS) is 10.9. The van der Waals surface area contributed by atoms with Gasteiger partial charge in [0.15, 0.2) is 0 Å². The van der Waals surface area contributed by atoms with E-state index in [9.17, 15) is 9.50 Å². The second-order valence-corrected chi connectivity index (χ2v) is 4.84. The second-order valence-electron chi connectivity index (χ2n) is 3.79. The first kappa shape index (κ1) is 10.3. The first-order valence-electron chi connectivity index (χ1n) is 5.22. The Morgan fingerprint density at radius 3 is 2.47 bits per heavy atom. The summed E-state index contributed by atoms with van der Waals surface area (Å²) < 4.78 is 14.1. The SMILES string of the molecule is Oc1ccc(F)c2sc(-c3ccccc3)cc12. The molecule has 0 atom stereocenters. The fourth-order valence-electron chi connectivity index (χ4n) is 1.82. The molecule has 0 fully saturated rings. The smallest absolute Gasteiger partial charge is 0.141 e. The van der Waals surface area contributed by atoms with Crippen molar-refractivity contribution >= 4 is 21.4 Å². The van der Waals surface area contributed by atoms with Crippen LogP contribution in [0.1, 0.15) is 0 Å². The van der Waals surface area contributed by atoms with Gasteiger partial charge in [0.1, 0.15) is 11.6 Å². The van der Waals surface area contributed by atoms with Crippen LogP contribution in [0.15, 0.2) is 48.5 Å². The molecule has 0 saturated carbocycles. The fraction of sp³-hybridized carbons (Fsp3) is 0. The minimum atomic E-state index is -0.287. The molecule has 0 amide bonds. The van der Waals surface area contributed by atoms with Gasteiger partial charge in [-0.05, 0) is 23.8 Å². The van der Waals surface area contributed by atoms with Crippen molar-refractivity contribution < 1.29 is 9.50 Å². The van der Waals surface area contributed by atoms with Gasteiger partial charge in [0.25, 0.3) is 0 Å². The van der Waals surface area contributed by atoms with Gasteiger partial charge < -0.3 is 5.11 Å². The summed E-state index contributed by atoms with van der Waals surface area (Å²) in [5, 5.41) is 10.3. The van der Waals surface area contributed by atoms with E-state index in [2.05, 4.69) is 0 Å². The highest BCUT2D eigenvalue weighted by atomic mass is 32.1. The maximum Gasteiger partial charge on any atom is 0.141 e. The molecule has 0 aliphatic heterocycles. The second kappa shape index (κ2) is 3.86. The Morgan fingerprint density at radius 2 is 1.76 bits per heavy atom. The number of aromatic hydroxyl groups is 1. The summed E-state index contributed by atoms with van der Waals surface area (Å²) in [4.78, 5) is 0.959. The third-order valence-corrected chi connectivity index (χ3v) is 3.86. The molecule has 1 aromatic heterocycles. The van der Waals surface area contributed by atoms with Crippen molar-refractivity contribution in [3.05, 3.63) is 54.3 Å². The standard InChI is InChI=1S/C14H9FOS/c15-11-6-7-12(16)10-8-13(17-14(10)11)9-4-2-1-3-5-9/h1-8,16H. The Bertz CT molecular complexity index is 634. The molecule has 84 valence electrons. The Labute approximate surface area is 102 Å². The van der Waals surface area contributed by atoms with Crippen LogP contribution in [-0.2, 0) is 0 Å². The molecule has 3 rings (SSSR count). The van der Waals surface area contributed by atoms with E-state index in [4.69, 9.17) is 0 Å². The summed E-state index contributed by atoms with van der Waals surface area (Å²) in [6.45, 7) is 0. The number of hydrogen-bond donors (Lipinski definition) is 1. The third-order valence-electron chi connectivity index (χ3n) is 2.67. The van der Waals surface area contributed by atoms with Crippen molar-refractivity contribution in [2.75, 3.05) is 0 Å². The number of benzene rings is 2. The van der Waals surface area contributed by atoms with E-state index in [1.165, 1.54) is 23.5 Å². The Morgan fingerprint density at radius 1 is 1.00 bits per heavy atom. The van der Waals surface area contributed by atoms with Crippen molar-refractivity contribution in [3.8, 4) is 16.2 Å². The Kier molecular flexibility index (Phi) is 2.34. The van der Waals surface area contributed by atoms with Crippen LogP contribution in [0.5, 0.6) is 5.75 Å². The lowest BCUT2D eigenvalue weighted by Crippen LogP contribution is -1.72. The van der Waals surface area contributed by atoms with Crippen LogP contribution >= 0.6 is 11.3 Å². The zero-order chi connectivity index (χ0) is 11.8. The first-order chi connectivity index (χ1) is 8.25. The van der Waals surface area contributed by atoms with Crippen LogP contribution in [0, 0.1) is 5.82 Å².